The smallest absolute Gasteiger partial charge is 0.358 e. The van der Waals surface area contributed by atoms with E-state index in [-0.39, 0.29) is 24.1 Å². The van der Waals surface area contributed by atoms with E-state index in [1.165, 1.54) is 0 Å². The highest BCUT2D eigenvalue weighted by Crippen LogP contribution is 2.49. The second-order valence-corrected chi connectivity index (χ2v) is 9.12. The SMILES string of the molecule is CC1=CC(=O)C2=C(C)C[C@@H](OC(=O)C(Cl)(Cl)Cl)[C@@H]3[C@@H](OC(=O)[C@@H]3C)[C@@H]12. The Balaban J connectivity index is 2.03. The molecule has 136 valence electrons. The fourth-order valence-electron chi connectivity index (χ4n) is 4.11. The third-order valence-electron chi connectivity index (χ3n) is 5.22. The molecule has 3 aliphatic rings. The van der Waals surface area contributed by atoms with Gasteiger partial charge in [0.1, 0.15) is 12.2 Å². The van der Waals surface area contributed by atoms with E-state index in [0.717, 1.165) is 11.1 Å². The van der Waals surface area contributed by atoms with Crippen molar-refractivity contribution in [2.24, 2.45) is 17.8 Å². The number of hydrogen-bond donors (Lipinski definition) is 0. The number of hydrogen-bond acceptors (Lipinski definition) is 5. The van der Waals surface area contributed by atoms with Crippen molar-refractivity contribution in [2.75, 3.05) is 0 Å². The summed E-state index contributed by atoms with van der Waals surface area (Å²) < 4.78 is 8.81. The summed E-state index contributed by atoms with van der Waals surface area (Å²) in [5, 5.41) is 0. The van der Waals surface area contributed by atoms with Crippen LogP contribution in [-0.2, 0) is 23.9 Å². The van der Waals surface area contributed by atoms with Crippen LogP contribution in [-0.4, -0.2) is 33.7 Å². The Bertz CT molecular complexity index is 718. The third-order valence-corrected chi connectivity index (χ3v) is 5.68. The molecule has 0 aromatic carbocycles. The van der Waals surface area contributed by atoms with E-state index >= 15 is 0 Å². The zero-order valence-corrected chi connectivity index (χ0v) is 16.1. The molecule has 1 fully saturated rings. The molecule has 0 aromatic rings. The van der Waals surface area contributed by atoms with Crippen LogP contribution in [0.25, 0.3) is 0 Å². The summed E-state index contributed by atoms with van der Waals surface area (Å²) in [5.74, 6) is -2.71. The zero-order valence-electron chi connectivity index (χ0n) is 13.8. The summed E-state index contributed by atoms with van der Waals surface area (Å²) in [6, 6.07) is 0. The van der Waals surface area contributed by atoms with E-state index in [4.69, 9.17) is 44.3 Å². The highest BCUT2D eigenvalue weighted by molar-refractivity contribution is 6.75. The molecule has 1 heterocycles. The molecule has 0 unspecified atom stereocenters. The average molecular weight is 408 g/mol. The summed E-state index contributed by atoms with van der Waals surface area (Å²) in [5.41, 5.74) is 2.24. The van der Waals surface area contributed by atoms with Crippen molar-refractivity contribution in [3.63, 3.8) is 0 Å². The Hall–Kier alpha value is -1.04. The largest absolute Gasteiger partial charge is 0.461 e. The molecule has 0 saturated carbocycles. The predicted octanol–water partition coefficient (Wildman–Crippen LogP) is 3.31. The molecule has 1 aliphatic heterocycles. The van der Waals surface area contributed by atoms with Gasteiger partial charge in [0, 0.05) is 23.8 Å². The normalized spacial score (nSPS) is 35.0. The summed E-state index contributed by atoms with van der Waals surface area (Å²) >= 11 is 16.8. The monoisotopic (exact) mass is 406 g/mol. The molecule has 3 rings (SSSR count). The molecule has 5 atom stereocenters. The third kappa shape index (κ3) is 3.11. The lowest BCUT2D eigenvalue weighted by atomic mass is 9.79. The second kappa shape index (κ2) is 6.29. The molecule has 0 spiro atoms. The summed E-state index contributed by atoms with van der Waals surface area (Å²) in [6.07, 6.45) is 0.567. The number of ketones is 1. The van der Waals surface area contributed by atoms with Crippen molar-refractivity contribution in [3.8, 4) is 0 Å². The van der Waals surface area contributed by atoms with E-state index in [2.05, 4.69) is 0 Å². The van der Waals surface area contributed by atoms with Crippen LogP contribution in [0, 0.1) is 17.8 Å². The van der Waals surface area contributed by atoms with Crippen molar-refractivity contribution in [3.05, 3.63) is 22.8 Å². The maximum absolute atomic E-state index is 12.4. The highest BCUT2D eigenvalue weighted by Gasteiger charge is 2.55. The molecule has 8 heteroatoms. The van der Waals surface area contributed by atoms with E-state index in [1.807, 2.05) is 13.8 Å². The van der Waals surface area contributed by atoms with Gasteiger partial charge in [-0.3, -0.25) is 9.59 Å². The maximum atomic E-state index is 12.4. The van der Waals surface area contributed by atoms with Crippen LogP contribution in [0.15, 0.2) is 22.8 Å². The Kier molecular flexibility index (Phi) is 4.71. The van der Waals surface area contributed by atoms with Gasteiger partial charge in [-0.25, -0.2) is 4.79 Å². The van der Waals surface area contributed by atoms with Gasteiger partial charge in [0.15, 0.2) is 5.78 Å². The Morgan fingerprint density at radius 2 is 1.92 bits per heavy atom. The first-order chi connectivity index (χ1) is 11.5. The molecule has 5 nitrogen and oxygen atoms in total. The van der Waals surface area contributed by atoms with Gasteiger partial charge in [-0.1, -0.05) is 52.9 Å². The van der Waals surface area contributed by atoms with E-state index in [0.29, 0.717) is 5.57 Å². The number of carbonyl (C=O) groups is 3. The van der Waals surface area contributed by atoms with Crippen molar-refractivity contribution < 1.29 is 23.9 Å². The van der Waals surface area contributed by atoms with Crippen LogP contribution >= 0.6 is 34.8 Å². The quantitative estimate of drug-likeness (QED) is 0.493. The minimum atomic E-state index is -2.21. The molecule has 0 amide bonds. The zero-order chi connectivity index (χ0) is 18.7. The molecule has 0 radical (unpaired) electrons. The first-order valence-electron chi connectivity index (χ1n) is 7.92. The minimum Gasteiger partial charge on any atom is -0.461 e. The van der Waals surface area contributed by atoms with Crippen LogP contribution in [0.5, 0.6) is 0 Å². The first-order valence-corrected chi connectivity index (χ1v) is 9.06. The molecule has 2 aliphatic carbocycles. The number of allylic oxidation sites excluding steroid dienone is 1. The van der Waals surface area contributed by atoms with Gasteiger partial charge in [0.25, 0.3) is 3.79 Å². The Morgan fingerprint density at radius 3 is 2.52 bits per heavy atom. The number of rotatable bonds is 1. The summed E-state index contributed by atoms with van der Waals surface area (Å²) in [6.45, 7) is 5.38. The lowest BCUT2D eigenvalue weighted by Gasteiger charge is -2.30. The molecular weight excluding hydrogens is 391 g/mol. The van der Waals surface area contributed by atoms with E-state index in [9.17, 15) is 14.4 Å². The topological polar surface area (TPSA) is 69.7 Å². The lowest BCUT2D eigenvalue weighted by molar-refractivity contribution is -0.152. The van der Waals surface area contributed by atoms with Gasteiger partial charge >= 0.3 is 11.9 Å². The van der Waals surface area contributed by atoms with Crippen LogP contribution in [0.1, 0.15) is 27.2 Å². The van der Waals surface area contributed by atoms with Crippen molar-refractivity contribution in [2.45, 2.75) is 43.2 Å². The van der Waals surface area contributed by atoms with Gasteiger partial charge in [0.05, 0.1) is 5.92 Å². The minimum absolute atomic E-state index is 0.0947. The summed E-state index contributed by atoms with van der Waals surface area (Å²) in [4.78, 5) is 36.6. The molecular formula is C17H17Cl3O5. The Morgan fingerprint density at radius 1 is 1.28 bits per heavy atom. The number of fused-ring (bicyclic) bond motifs is 3. The van der Waals surface area contributed by atoms with E-state index < -0.39 is 33.8 Å². The Labute approximate surface area is 160 Å². The molecule has 0 bridgehead atoms. The fourth-order valence-corrected chi connectivity index (χ4v) is 4.25. The van der Waals surface area contributed by atoms with Crippen molar-refractivity contribution in [1.29, 1.82) is 0 Å². The maximum Gasteiger partial charge on any atom is 0.358 e. The van der Waals surface area contributed by atoms with Gasteiger partial charge in [-0.05, 0) is 19.9 Å². The molecule has 1 saturated heterocycles. The van der Waals surface area contributed by atoms with Crippen LogP contribution in [0.3, 0.4) is 0 Å². The van der Waals surface area contributed by atoms with Crippen molar-refractivity contribution >= 4 is 52.5 Å². The molecule has 25 heavy (non-hydrogen) atoms. The molecule has 0 N–H and O–H groups in total. The number of alkyl halides is 3. The number of carbonyl (C=O) groups excluding carboxylic acids is 3. The predicted molar refractivity (Wildman–Crippen MR) is 92.3 cm³/mol. The highest BCUT2D eigenvalue weighted by atomic mass is 35.6. The van der Waals surface area contributed by atoms with Crippen LogP contribution in [0.4, 0.5) is 0 Å². The molecule has 0 aromatic heterocycles. The lowest BCUT2D eigenvalue weighted by Crippen LogP contribution is -2.39. The van der Waals surface area contributed by atoms with E-state index in [1.54, 1.807) is 13.0 Å². The van der Waals surface area contributed by atoms with Crippen LogP contribution in [0.2, 0.25) is 0 Å². The number of ether oxygens (including phenoxy) is 2. The number of halogens is 3. The average Bonchev–Trinajstić information content (AvgIpc) is 2.89. The number of esters is 2. The second-order valence-electron chi connectivity index (χ2n) is 6.84. The van der Waals surface area contributed by atoms with Gasteiger partial charge in [-0.2, -0.15) is 0 Å². The first kappa shape index (κ1) is 18.7. The van der Waals surface area contributed by atoms with Crippen LogP contribution < -0.4 is 0 Å². The van der Waals surface area contributed by atoms with Gasteiger partial charge in [0.2, 0.25) is 0 Å². The van der Waals surface area contributed by atoms with Gasteiger partial charge < -0.3 is 9.47 Å². The van der Waals surface area contributed by atoms with Gasteiger partial charge in [-0.15, -0.1) is 0 Å². The fraction of sp³-hybridized carbons (Fsp3) is 0.588. The van der Waals surface area contributed by atoms with Crippen molar-refractivity contribution in [1.82, 2.24) is 0 Å². The standard InChI is InChI=1S/C17H17Cl3O5/c1-6-4-9(21)11-7(2)5-10(24-16(23)17(18,19)20)13-8(3)15(22)25-14(13)12(6)11/h4,8,10,12-14H,5H2,1-3H3/t8-,10-,12+,13-,14+/m1/s1. The summed E-state index contributed by atoms with van der Waals surface area (Å²) in [7, 11) is 0.